The molecule has 2 amide bonds. The van der Waals surface area contributed by atoms with Crippen LogP contribution in [0.15, 0.2) is 41.3 Å². The highest BCUT2D eigenvalue weighted by Gasteiger charge is 2.44. The summed E-state index contributed by atoms with van der Waals surface area (Å²) in [6.45, 7) is 5.94. The molecule has 0 aliphatic carbocycles. The predicted molar refractivity (Wildman–Crippen MR) is 105 cm³/mol. The Balaban J connectivity index is 1.62. The Hall–Kier alpha value is -2.51. The topological polar surface area (TPSA) is 74.8 Å². The van der Waals surface area contributed by atoms with Gasteiger partial charge in [-0.2, -0.15) is 4.31 Å². The first-order valence-electron chi connectivity index (χ1n) is 9.26. The molecule has 6 nitrogen and oxygen atoms in total. The zero-order valence-corrected chi connectivity index (χ0v) is 16.9. The molecule has 0 N–H and O–H groups in total. The molecule has 0 spiro atoms. The van der Waals surface area contributed by atoms with Crippen molar-refractivity contribution in [2.24, 2.45) is 0 Å². The van der Waals surface area contributed by atoms with E-state index < -0.39 is 16.1 Å². The van der Waals surface area contributed by atoms with Gasteiger partial charge in [0, 0.05) is 13.1 Å². The Bertz CT molecular complexity index is 1050. The number of amides is 2. The number of nitrogens with zero attached hydrogens (tertiary/aromatic N) is 2. The molecular formula is C21H22N2O4S. The summed E-state index contributed by atoms with van der Waals surface area (Å²) >= 11 is 0. The smallest absolute Gasteiger partial charge is 0.261 e. The third-order valence-corrected chi connectivity index (χ3v) is 7.69. The number of carbonyl (C=O) groups is 2. The van der Waals surface area contributed by atoms with E-state index in [4.69, 9.17) is 0 Å². The van der Waals surface area contributed by atoms with Crippen LogP contribution in [0.5, 0.6) is 0 Å². The van der Waals surface area contributed by atoms with E-state index in [1.807, 2.05) is 19.1 Å². The molecule has 2 heterocycles. The van der Waals surface area contributed by atoms with Crippen LogP contribution in [0.2, 0.25) is 0 Å². The molecule has 1 saturated heterocycles. The first kappa shape index (κ1) is 18.8. The van der Waals surface area contributed by atoms with E-state index in [-0.39, 0.29) is 24.9 Å². The Labute approximate surface area is 164 Å². The second-order valence-electron chi connectivity index (χ2n) is 7.56. The van der Waals surface area contributed by atoms with E-state index in [9.17, 15) is 18.0 Å². The van der Waals surface area contributed by atoms with Gasteiger partial charge in [-0.15, -0.1) is 0 Å². The Morgan fingerprint density at radius 3 is 2.00 bits per heavy atom. The van der Waals surface area contributed by atoms with E-state index in [1.165, 1.54) is 9.21 Å². The maximum Gasteiger partial charge on any atom is 0.261 e. The van der Waals surface area contributed by atoms with Crippen molar-refractivity contribution in [3.8, 4) is 0 Å². The fourth-order valence-electron chi connectivity index (χ4n) is 4.38. The summed E-state index contributed by atoms with van der Waals surface area (Å²) in [5, 5.41) is 0. The average Bonchev–Trinajstić information content (AvgIpc) is 3.19. The van der Waals surface area contributed by atoms with Crippen molar-refractivity contribution in [1.29, 1.82) is 0 Å². The van der Waals surface area contributed by atoms with Gasteiger partial charge in [0.2, 0.25) is 10.0 Å². The van der Waals surface area contributed by atoms with Gasteiger partial charge in [-0.25, -0.2) is 8.42 Å². The first-order valence-corrected chi connectivity index (χ1v) is 10.7. The molecule has 28 heavy (non-hydrogen) atoms. The van der Waals surface area contributed by atoms with E-state index >= 15 is 0 Å². The Morgan fingerprint density at radius 1 is 0.929 bits per heavy atom. The second-order valence-corrected chi connectivity index (χ2v) is 9.43. The van der Waals surface area contributed by atoms with Gasteiger partial charge in [0.05, 0.1) is 22.1 Å². The van der Waals surface area contributed by atoms with Crippen molar-refractivity contribution in [3.05, 3.63) is 64.2 Å². The number of hydrogen-bond donors (Lipinski definition) is 0. The minimum absolute atomic E-state index is 0.126. The van der Waals surface area contributed by atoms with Gasteiger partial charge in [0.25, 0.3) is 11.8 Å². The van der Waals surface area contributed by atoms with Gasteiger partial charge in [-0.3, -0.25) is 14.5 Å². The van der Waals surface area contributed by atoms with Gasteiger partial charge in [-0.05, 0) is 50.5 Å². The van der Waals surface area contributed by atoms with Crippen LogP contribution >= 0.6 is 0 Å². The first-order chi connectivity index (χ1) is 13.2. The maximum atomic E-state index is 13.3. The normalized spacial score (nSPS) is 20.1. The molecule has 2 aromatic carbocycles. The third kappa shape index (κ3) is 2.77. The molecule has 2 aliphatic heterocycles. The van der Waals surface area contributed by atoms with Crippen molar-refractivity contribution in [2.45, 2.75) is 38.1 Å². The van der Waals surface area contributed by atoms with Crippen LogP contribution in [0, 0.1) is 20.8 Å². The van der Waals surface area contributed by atoms with Crippen LogP contribution in [0.25, 0.3) is 0 Å². The zero-order valence-electron chi connectivity index (χ0n) is 16.1. The molecule has 1 fully saturated rings. The number of rotatable bonds is 3. The molecule has 2 aliphatic rings. The van der Waals surface area contributed by atoms with E-state index in [0.29, 0.717) is 33.6 Å². The van der Waals surface area contributed by atoms with Crippen LogP contribution in [-0.4, -0.2) is 48.6 Å². The summed E-state index contributed by atoms with van der Waals surface area (Å²) in [7, 11) is -3.70. The molecule has 2 aromatic rings. The average molecular weight is 398 g/mol. The summed E-state index contributed by atoms with van der Waals surface area (Å²) < 4.78 is 27.9. The van der Waals surface area contributed by atoms with E-state index in [2.05, 4.69) is 0 Å². The van der Waals surface area contributed by atoms with Gasteiger partial charge in [-0.1, -0.05) is 29.8 Å². The quantitative estimate of drug-likeness (QED) is 0.745. The van der Waals surface area contributed by atoms with Crippen molar-refractivity contribution >= 4 is 21.8 Å². The molecule has 4 rings (SSSR count). The van der Waals surface area contributed by atoms with Crippen molar-refractivity contribution in [3.63, 3.8) is 0 Å². The lowest BCUT2D eigenvalue weighted by Crippen LogP contribution is -2.42. The SMILES string of the molecule is Cc1cc(C)c(S(=O)(=O)N2CCC(N3C(=O)c4ccccc4C3=O)C2)c(C)c1. The van der Waals surface area contributed by atoms with Crippen LogP contribution in [0.4, 0.5) is 0 Å². The number of imide groups is 1. The summed E-state index contributed by atoms with van der Waals surface area (Å²) in [4.78, 5) is 27.0. The third-order valence-electron chi connectivity index (χ3n) is 5.52. The van der Waals surface area contributed by atoms with Gasteiger partial charge in [0.15, 0.2) is 0 Å². The minimum Gasteiger partial charge on any atom is -0.270 e. The maximum absolute atomic E-state index is 13.3. The Kier molecular flexibility index (Phi) is 4.39. The molecule has 0 saturated carbocycles. The molecule has 146 valence electrons. The van der Waals surface area contributed by atoms with Gasteiger partial charge >= 0.3 is 0 Å². The largest absolute Gasteiger partial charge is 0.270 e. The van der Waals surface area contributed by atoms with E-state index in [1.54, 1.807) is 38.1 Å². The zero-order chi connectivity index (χ0) is 20.2. The van der Waals surface area contributed by atoms with E-state index in [0.717, 1.165) is 5.56 Å². The van der Waals surface area contributed by atoms with Crippen LogP contribution in [0.3, 0.4) is 0 Å². The van der Waals surface area contributed by atoms with Crippen LogP contribution in [-0.2, 0) is 10.0 Å². The lowest BCUT2D eigenvalue weighted by Gasteiger charge is -2.23. The summed E-state index contributed by atoms with van der Waals surface area (Å²) in [5.74, 6) is -0.680. The highest BCUT2D eigenvalue weighted by molar-refractivity contribution is 7.89. The monoisotopic (exact) mass is 398 g/mol. The van der Waals surface area contributed by atoms with Crippen LogP contribution in [0.1, 0.15) is 43.8 Å². The fourth-order valence-corrected chi connectivity index (χ4v) is 6.29. The Morgan fingerprint density at radius 2 is 1.46 bits per heavy atom. The molecule has 0 radical (unpaired) electrons. The number of fused-ring (bicyclic) bond motifs is 1. The van der Waals surface area contributed by atoms with Crippen molar-refractivity contribution < 1.29 is 18.0 Å². The molecular weight excluding hydrogens is 376 g/mol. The summed E-state index contributed by atoms with van der Waals surface area (Å²) in [6, 6.07) is 9.99. The standard InChI is InChI=1S/C21H22N2O4S/c1-13-10-14(2)19(15(3)11-13)28(26,27)22-9-8-16(12-22)23-20(24)17-6-4-5-7-18(17)21(23)25/h4-7,10-11,16H,8-9,12H2,1-3H3. The second kappa shape index (κ2) is 6.53. The number of sulfonamides is 1. The van der Waals surface area contributed by atoms with Gasteiger partial charge < -0.3 is 0 Å². The molecule has 7 heteroatoms. The molecule has 1 unspecified atom stereocenters. The molecule has 1 atom stereocenters. The number of carbonyl (C=O) groups excluding carboxylic acids is 2. The van der Waals surface area contributed by atoms with Crippen LogP contribution < -0.4 is 0 Å². The highest BCUT2D eigenvalue weighted by Crippen LogP contribution is 2.32. The number of benzene rings is 2. The lowest BCUT2D eigenvalue weighted by atomic mass is 10.1. The predicted octanol–water partition coefficient (Wildman–Crippen LogP) is 2.67. The van der Waals surface area contributed by atoms with Crippen molar-refractivity contribution in [1.82, 2.24) is 9.21 Å². The number of hydrogen-bond acceptors (Lipinski definition) is 4. The molecule has 0 aromatic heterocycles. The van der Waals surface area contributed by atoms with Gasteiger partial charge in [0.1, 0.15) is 0 Å². The summed E-state index contributed by atoms with van der Waals surface area (Å²) in [6.07, 6.45) is 0.439. The summed E-state index contributed by atoms with van der Waals surface area (Å²) in [5.41, 5.74) is 3.21. The number of aryl methyl sites for hydroxylation is 3. The molecule has 0 bridgehead atoms. The van der Waals surface area contributed by atoms with Crippen molar-refractivity contribution in [2.75, 3.05) is 13.1 Å². The fraction of sp³-hybridized carbons (Fsp3) is 0.333. The minimum atomic E-state index is -3.70. The lowest BCUT2D eigenvalue weighted by molar-refractivity contribution is 0.0593. The highest BCUT2D eigenvalue weighted by atomic mass is 32.2.